The molecule has 1 unspecified atom stereocenters. The summed E-state index contributed by atoms with van der Waals surface area (Å²) < 4.78 is 6.87. The van der Waals surface area contributed by atoms with Gasteiger partial charge in [-0.2, -0.15) is 0 Å². The number of para-hydroxylation sites is 1. The van der Waals surface area contributed by atoms with E-state index < -0.39 is 18.4 Å². The molecule has 1 aliphatic rings. The van der Waals surface area contributed by atoms with Gasteiger partial charge in [0.25, 0.3) is 0 Å². The van der Waals surface area contributed by atoms with Crippen molar-refractivity contribution in [3.8, 4) is 0 Å². The van der Waals surface area contributed by atoms with Crippen LogP contribution in [-0.4, -0.2) is 57.4 Å². The third kappa shape index (κ3) is 3.64. The van der Waals surface area contributed by atoms with E-state index in [4.69, 9.17) is 4.74 Å². The fourth-order valence-corrected chi connectivity index (χ4v) is 4.20. The van der Waals surface area contributed by atoms with Gasteiger partial charge < -0.3 is 19.3 Å². The first kappa shape index (κ1) is 20.0. The molecule has 1 aromatic heterocycles. The molecule has 7 nitrogen and oxygen atoms in total. The molecule has 30 heavy (non-hydrogen) atoms. The average Bonchev–Trinajstić information content (AvgIpc) is 3.07. The van der Waals surface area contributed by atoms with Crippen molar-refractivity contribution in [2.75, 3.05) is 13.7 Å². The molecule has 1 saturated heterocycles. The first-order valence-electron chi connectivity index (χ1n) is 9.89. The quantitative estimate of drug-likeness (QED) is 0.721. The van der Waals surface area contributed by atoms with Crippen LogP contribution in [-0.2, 0) is 29.5 Å². The van der Waals surface area contributed by atoms with Crippen LogP contribution in [0.2, 0.25) is 0 Å². The highest BCUT2D eigenvalue weighted by atomic mass is 16.5. The third-order valence-electron chi connectivity index (χ3n) is 5.63. The maximum Gasteiger partial charge on any atom is 0.412 e. The van der Waals surface area contributed by atoms with Crippen LogP contribution in [0.25, 0.3) is 10.9 Å². The van der Waals surface area contributed by atoms with Crippen molar-refractivity contribution >= 4 is 22.9 Å². The number of aliphatic hydroxyl groups is 1. The van der Waals surface area contributed by atoms with Gasteiger partial charge >= 0.3 is 6.09 Å². The van der Waals surface area contributed by atoms with E-state index in [1.54, 1.807) is 4.90 Å². The van der Waals surface area contributed by atoms with Crippen LogP contribution in [0.4, 0.5) is 4.79 Å². The number of ether oxygens (including phenoxy) is 1. The number of benzene rings is 2. The molecule has 0 radical (unpaired) electrons. The molecule has 7 heteroatoms. The van der Waals surface area contributed by atoms with E-state index in [1.807, 2.05) is 72.4 Å². The minimum absolute atomic E-state index is 0.0366. The Morgan fingerprint density at radius 1 is 1.13 bits per heavy atom. The fraction of sp³-hybridized carbons (Fsp3) is 0.304. The Bertz CT molecular complexity index is 1060. The van der Waals surface area contributed by atoms with Gasteiger partial charge in [0.2, 0.25) is 5.91 Å². The van der Waals surface area contributed by atoms with E-state index in [0.717, 1.165) is 26.9 Å². The molecule has 3 aromatic rings. The number of aromatic nitrogens is 1. The lowest BCUT2D eigenvalue weighted by atomic mass is 10.00. The number of amides is 2. The largest absolute Gasteiger partial charge is 0.453 e. The SMILES string of the molecule is COC(=O)N1C(O)CN(Cc2ccccc2)C(=O)[C@@H]1Cc1cn(C)c2ccccc12. The lowest BCUT2D eigenvalue weighted by Gasteiger charge is -2.43. The van der Waals surface area contributed by atoms with Crippen LogP contribution in [0.5, 0.6) is 0 Å². The molecule has 0 bridgehead atoms. The molecule has 0 saturated carbocycles. The van der Waals surface area contributed by atoms with Crippen molar-refractivity contribution < 1.29 is 19.4 Å². The molecule has 0 spiro atoms. The summed E-state index contributed by atoms with van der Waals surface area (Å²) in [6.45, 7) is 0.409. The van der Waals surface area contributed by atoms with Crippen molar-refractivity contribution in [2.24, 2.45) is 7.05 Å². The second-order valence-corrected chi connectivity index (χ2v) is 7.56. The summed E-state index contributed by atoms with van der Waals surface area (Å²) in [6.07, 6.45) is 0.410. The summed E-state index contributed by atoms with van der Waals surface area (Å²) in [6, 6.07) is 16.7. The minimum Gasteiger partial charge on any atom is -0.453 e. The monoisotopic (exact) mass is 407 g/mol. The second kappa shape index (κ2) is 8.20. The number of methoxy groups -OCH3 is 1. The maximum absolute atomic E-state index is 13.4. The van der Waals surface area contributed by atoms with Crippen LogP contribution in [0.3, 0.4) is 0 Å². The lowest BCUT2D eigenvalue weighted by molar-refractivity contribution is -0.155. The molecule has 1 N–H and O–H groups in total. The molecule has 2 amide bonds. The van der Waals surface area contributed by atoms with E-state index in [2.05, 4.69) is 0 Å². The van der Waals surface area contributed by atoms with E-state index in [9.17, 15) is 14.7 Å². The summed E-state index contributed by atoms with van der Waals surface area (Å²) in [5, 5.41) is 11.8. The topological polar surface area (TPSA) is 75.0 Å². The predicted molar refractivity (Wildman–Crippen MR) is 113 cm³/mol. The zero-order chi connectivity index (χ0) is 21.3. The van der Waals surface area contributed by atoms with Crippen molar-refractivity contribution in [1.29, 1.82) is 0 Å². The number of aryl methyl sites for hydroxylation is 1. The van der Waals surface area contributed by atoms with Gasteiger partial charge in [-0.1, -0.05) is 48.5 Å². The number of carbonyl (C=O) groups is 2. The fourth-order valence-electron chi connectivity index (χ4n) is 4.20. The Kier molecular flexibility index (Phi) is 5.46. The molecule has 1 aliphatic heterocycles. The van der Waals surface area contributed by atoms with E-state index >= 15 is 0 Å². The molecule has 0 aliphatic carbocycles. The Hall–Kier alpha value is -3.32. The highest BCUT2D eigenvalue weighted by Gasteiger charge is 2.43. The molecular weight excluding hydrogens is 382 g/mol. The maximum atomic E-state index is 13.4. The van der Waals surface area contributed by atoms with E-state index in [0.29, 0.717) is 6.54 Å². The van der Waals surface area contributed by atoms with Crippen LogP contribution in [0.1, 0.15) is 11.1 Å². The summed E-state index contributed by atoms with van der Waals surface area (Å²) in [5.74, 6) is -0.206. The number of aliphatic hydroxyl groups excluding tert-OH is 1. The number of nitrogens with zero attached hydrogens (tertiary/aromatic N) is 3. The number of β-amino-alcohol motifs (C(OH)–C–C–N with tert-alkyl or cyclic N) is 1. The number of carbonyl (C=O) groups excluding carboxylic acids is 2. The predicted octanol–water partition coefficient (Wildman–Crippen LogP) is 2.52. The summed E-state index contributed by atoms with van der Waals surface area (Å²) in [7, 11) is 3.20. The van der Waals surface area contributed by atoms with Gasteiger partial charge in [-0.05, 0) is 17.2 Å². The van der Waals surface area contributed by atoms with Crippen LogP contribution in [0, 0.1) is 0 Å². The van der Waals surface area contributed by atoms with Gasteiger partial charge in [-0.3, -0.25) is 9.69 Å². The van der Waals surface area contributed by atoms with Gasteiger partial charge in [0.1, 0.15) is 6.04 Å². The zero-order valence-corrected chi connectivity index (χ0v) is 17.1. The smallest absolute Gasteiger partial charge is 0.412 e. The van der Waals surface area contributed by atoms with Gasteiger partial charge in [0.05, 0.1) is 13.7 Å². The van der Waals surface area contributed by atoms with Crippen LogP contribution < -0.4 is 0 Å². The Morgan fingerprint density at radius 2 is 1.83 bits per heavy atom. The van der Waals surface area contributed by atoms with E-state index in [-0.39, 0.29) is 18.9 Å². The van der Waals surface area contributed by atoms with Crippen molar-refractivity contribution in [3.63, 3.8) is 0 Å². The van der Waals surface area contributed by atoms with Crippen LogP contribution in [0.15, 0.2) is 60.8 Å². The van der Waals surface area contributed by atoms with Crippen molar-refractivity contribution in [1.82, 2.24) is 14.4 Å². The van der Waals surface area contributed by atoms with Gasteiger partial charge in [-0.25, -0.2) is 4.79 Å². The first-order chi connectivity index (χ1) is 14.5. The highest BCUT2D eigenvalue weighted by molar-refractivity contribution is 5.89. The molecule has 2 aromatic carbocycles. The van der Waals surface area contributed by atoms with Gasteiger partial charge in [0, 0.05) is 37.1 Å². The number of rotatable bonds is 4. The number of piperazine rings is 1. The first-order valence-corrected chi connectivity index (χ1v) is 9.89. The molecule has 156 valence electrons. The second-order valence-electron chi connectivity index (χ2n) is 7.56. The molecule has 2 heterocycles. The number of hydrogen-bond acceptors (Lipinski definition) is 4. The normalized spacial score (nSPS) is 19.4. The third-order valence-corrected chi connectivity index (χ3v) is 5.63. The number of hydrogen-bond donors (Lipinski definition) is 1. The lowest BCUT2D eigenvalue weighted by Crippen LogP contribution is -2.63. The average molecular weight is 407 g/mol. The van der Waals surface area contributed by atoms with Crippen molar-refractivity contribution in [2.45, 2.75) is 25.2 Å². The Balaban J connectivity index is 1.68. The van der Waals surface area contributed by atoms with Gasteiger partial charge in [-0.15, -0.1) is 0 Å². The molecular formula is C23H25N3O4. The summed E-state index contributed by atoms with van der Waals surface area (Å²) in [4.78, 5) is 28.6. The zero-order valence-electron chi connectivity index (χ0n) is 17.1. The summed E-state index contributed by atoms with van der Waals surface area (Å²) in [5.41, 5.74) is 2.95. The van der Waals surface area contributed by atoms with Crippen LogP contribution >= 0.6 is 0 Å². The van der Waals surface area contributed by atoms with Crippen molar-refractivity contribution in [3.05, 3.63) is 71.9 Å². The molecule has 1 fully saturated rings. The summed E-state index contributed by atoms with van der Waals surface area (Å²) >= 11 is 0. The number of fused-ring (bicyclic) bond motifs is 1. The minimum atomic E-state index is -1.14. The van der Waals surface area contributed by atoms with Gasteiger partial charge in [0.15, 0.2) is 6.23 Å². The Labute approximate surface area is 175 Å². The Morgan fingerprint density at radius 3 is 2.57 bits per heavy atom. The molecule has 2 atom stereocenters. The van der Waals surface area contributed by atoms with E-state index in [1.165, 1.54) is 7.11 Å². The standard InChI is InChI=1S/C23H25N3O4/c1-24-14-17(18-10-6-7-11-19(18)24)12-20-22(28)25(13-16-8-4-3-5-9-16)15-21(27)26(20)23(29)30-2/h3-11,14,20-21,27H,12-13,15H2,1-2H3/t20-,21?/m0/s1. The molecule has 4 rings (SSSR count). The highest BCUT2D eigenvalue weighted by Crippen LogP contribution is 2.27.